The van der Waals surface area contributed by atoms with Crippen LogP contribution in [-0.4, -0.2) is 20.6 Å². The predicted octanol–water partition coefficient (Wildman–Crippen LogP) is 1.29. The summed E-state index contributed by atoms with van der Waals surface area (Å²) in [7, 11) is 0. The van der Waals surface area contributed by atoms with Gasteiger partial charge in [0.2, 0.25) is 0 Å². The van der Waals surface area contributed by atoms with Crippen molar-refractivity contribution in [3.63, 3.8) is 0 Å². The average molecular weight is 265 g/mol. The maximum Gasteiger partial charge on any atom is 0.270 e. The molecule has 0 fully saturated rings. The van der Waals surface area contributed by atoms with Crippen molar-refractivity contribution in [3.8, 4) is 0 Å². The summed E-state index contributed by atoms with van der Waals surface area (Å²) in [5, 5.41) is 8.76. The van der Waals surface area contributed by atoms with Crippen LogP contribution >= 0.6 is 0 Å². The van der Waals surface area contributed by atoms with Gasteiger partial charge in [-0.1, -0.05) is 12.1 Å². The van der Waals surface area contributed by atoms with Gasteiger partial charge < -0.3 is 0 Å². The molecule has 2 N–H and O–H groups in total. The van der Waals surface area contributed by atoms with Crippen LogP contribution in [0.25, 0.3) is 10.9 Å². The Bertz CT molecular complexity index is 826. The first-order chi connectivity index (χ1) is 9.75. The van der Waals surface area contributed by atoms with Crippen LogP contribution in [0.15, 0.2) is 55.1 Å². The van der Waals surface area contributed by atoms with E-state index in [1.165, 1.54) is 11.0 Å². The Kier molecular flexibility index (Phi) is 2.96. The summed E-state index contributed by atoms with van der Waals surface area (Å²) < 4.78 is 1.30. The van der Waals surface area contributed by atoms with Crippen LogP contribution < -0.4 is 10.9 Å². The van der Waals surface area contributed by atoms with Crippen molar-refractivity contribution in [2.45, 2.75) is 0 Å². The zero-order valence-electron chi connectivity index (χ0n) is 10.4. The molecule has 2 heterocycles. The highest BCUT2D eigenvalue weighted by Gasteiger charge is 2.06. The number of nitrogens with zero attached hydrogens (tertiary/aromatic N) is 3. The monoisotopic (exact) mass is 265 g/mol. The fraction of sp³-hybridized carbons (Fsp3) is 0. The van der Waals surface area contributed by atoms with Gasteiger partial charge in [0, 0.05) is 23.3 Å². The molecule has 0 aliphatic carbocycles. The predicted molar refractivity (Wildman–Crippen MR) is 73.5 cm³/mol. The molecule has 0 unspecified atom stereocenters. The molecule has 1 amide bonds. The minimum Gasteiger partial charge on any atom is -0.282 e. The molecule has 3 aromatic rings. The van der Waals surface area contributed by atoms with Crippen molar-refractivity contribution in [1.29, 1.82) is 5.41 Å². The second-order valence-electron chi connectivity index (χ2n) is 4.16. The summed E-state index contributed by atoms with van der Waals surface area (Å²) in [5.74, 6) is -0.317. The van der Waals surface area contributed by atoms with Gasteiger partial charge in [-0.2, -0.15) is 0 Å². The van der Waals surface area contributed by atoms with Crippen LogP contribution in [-0.2, 0) is 0 Å². The van der Waals surface area contributed by atoms with E-state index in [1.54, 1.807) is 30.6 Å². The Morgan fingerprint density at radius 1 is 1.15 bits per heavy atom. The maximum absolute atomic E-state index is 12.0. The Hall–Kier alpha value is -3.02. The molecule has 0 bridgehead atoms. The van der Waals surface area contributed by atoms with Crippen LogP contribution in [0.4, 0.5) is 0 Å². The van der Waals surface area contributed by atoms with Gasteiger partial charge in [-0.3, -0.25) is 20.6 Å². The zero-order valence-corrected chi connectivity index (χ0v) is 10.4. The first-order valence-electron chi connectivity index (χ1n) is 5.98. The summed E-state index contributed by atoms with van der Waals surface area (Å²) in [4.78, 5) is 20.1. The third kappa shape index (κ3) is 2.14. The number of hydrogen-bond acceptors (Lipinski definition) is 4. The van der Waals surface area contributed by atoms with Crippen molar-refractivity contribution >= 4 is 16.8 Å². The number of pyridine rings is 1. The highest BCUT2D eigenvalue weighted by Crippen LogP contribution is 2.04. The summed E-state index contributed by atoms with van der Waals surface area (Å²) >= 11 is 0. The molecule has 0 saturated heterocycles. The Labute approximate surface area is 114 Å². The molecule has 6 nitrogen and oxygen atoms in total. The fourth-order valence-electron chi connectivity index (χ4n) is 1.86. The number of carbonyl (C=O) groups excluding carboxylic acids is 1. The molecule has 6 heteroatoms. The first-order valence-corrected chi connectivity index (χ1v) is 5.98. The number of aromatic nitrogens is 3. The van der Waals surface area contributed by atoms with E-state index in [-0.39, 0.29) is 11.4 Å². The van der Waals surface area contributed by atoms with Crippen LogP contribution in [0, 0.1) is 5.41 Å². The van der Waals surface area contributed by atoms with Crippen LogP contribution in [0.1, 0.15) is 10.4 Å². The minimum absolute atomic E-state index is 0.179. The van der Waals surface area contributed by atoms with Gasteiger partial charge >= 0.3 is 0 Å². The van der Waals surface area contributed by atoms with E-state index in [0.29, 0.717) is 16.5 Å². The van der Waals surface area contributed by atoms with Crippen LogP contribution in [0.3, 0.4) is 0 Å². The maximum atomic E-state index is 12.0. The summed E-state index contributed by atoms with van der Waals surface area (Å²) in [6.07, 6.45) is 4.50. The number of amides is 1. The molecule has 2 aromatic heterocycles. The molecule has 0 spiro atoms. The fourth-order valence-corrected chi connectivity index (χ4v) is 1.86. The standard InChI is InChI=1S/C14H11N5O/c15-13-11-3-1-2-4-12(11)17-9-19(13)18-14(20)10-5-7-16-8-6-10/h1-9,15H,(H,18,20). The molecule has 0 atom stereocenters. The number of hydrogen-bond donors (Lipinski definition) is 2. The van der Waals surface area contributed by atoms with E-state index >= 15 is 0 Å². The number of fused-ring (bicyclic) bond motifs is 1. The van der Waals surface area contributed by atoms with Crippen LogP contribution in [0.5, 0.6) is 0 Å². The highest BCUT2D eigenvalue weighted by atomic mass is 16.2. The third-order valence-corrected chi connectivity index (χ3v) is 2.88. The van der Waals surface area contributed by atoms with E-state index in [1.807, 2.05) is 18.2 Å². The minimum atomic E-state index is -0.317. The molecular weight excluding hydrogens is 254 g/mol. The lowest BCUT2D eigenvalue weighted by molar-refractivity contribution is 0.101. The van der Waals surface area contributed by atoms with Crippen molar-refractivity contribution < 1.29 is 4.79 Å². The molecule has 1 aromatic carbocycles. The molecule has 3 rings (SSSR count). The van der Waals surface area contributed by atoms with Crippen LogP contribution in [0.2, 0.25) is 0 Å². The number of nitrogens with one attached hydrogen (secondary N) is 2. The summed E-state index contributed by atoms with van der Waals surface area (Å²) in [6.45, 7) is 0. The smallest absolute Gasteiger partial charge is 0.270 e. The molecule has 0 aliphatic rings. The molecule has 0 aliphatic heterocycles. The number of rotatable bonds is 2. The van der Waals surface area contributed by atoms with Crippen molar-refractivity contribution in [1.82, 2.24) is 14.6 Å². The van der Waals surface area contributed by atoms with Gasteiger partial charge in [0.05, 0.1) is 5.52 Å². The SMILES string of the molecule is N=c1c2ccccc2ncn1NC(=O)c1ccncc1. The van der Waals surface area contributed by atoms with Gasteiger partial charge in [-0.15, -0.1) is 0 Å². The van der Waals surface area contributed by atoms with E-state index in [0.717, 1.165) is 0 Å². The van der Waals surface area contributed by atoms with Gasteiger partial charge in [0.25, 0.3) is 5.91 Å². The van der Waals surface area contributed by atoms with E-state index in [9.17, 15) is 4.79 Å². The molecule has 0 radical (unpaired) electrons. The van der Waals surface area contributed by atoms with Gasteiger partial charge in [-0.25, -0.2) is 9.66 Å². The normalized spacial score (nSPS) is 10.4. The van der Waals surface area contributed by atoms with E-state index in [4.69, 9.17) is 5.41 Å². The van der Waals surface area contributed by atoms with Crippen molar-refractivity contribution in [2.75, 3.05) is 5.43 Å². The largest absolute Gasteiger partial charge is 0.282 e. The number of carbonyl (C=O) groups is 1. The molecule has 0 saturated carbocycles. The number of benzene rings is 1. The van der Waals surface area contributed by atoms with E-state index in [2.05, 4.69) is 15.4 Å². The summed E-state index contributed by atoms with van der Waals surface area (Å²) in [5.41, 5.74) is 3.98. The Morgan fingerprint density at radius 2 is 1.90 bits per heavy atom. The average Bonchev–Trinajstić information content (AvgIpc) is 2.51. The van der Waals surface area contributed by atoms with E-state index < -0.39 is 0 Å². The second kappa shape index (κ2) is 4.93. The summed E-state index contributed by atoms with van der Waals surface area (Å²) in [6, 6.07) is 10.5. The molecule has 98 valence electrons. The Morgan fingerprint density at radius 3 is 2.70 bits per heavy atom. The van der Waals surface area contributed by atoms with Crippen molar-refractivity contribution in [3.05, 3.63) is 66.2 Å². The van der Waals surface area contributed by atoms with Gasteiger partial charge in [0.15, 0.2) is 5.49 Å². The lowest BCUT2D eigenvalue weighted by Crippen LogP contribution is -2.33. The lowest BCUT2D eigenvalue weighted by atomic mass is 10.2. The quantitative estimate of drug-likeness (QED) is 0.732. The lowest BCUT2D eigenvalue weighted by Gasteiger charge is -2.09. The zero-order chi connectivity index (χ0) is 13.9. The first kappa shape index (κ1) is 12.0. The second-order valence-corrected chi connectivity index (χ2v) is 4.16. The highest BCUT2D eigenvalue weighted by molar-refractivity contribution is 5.99. The third-order valence-electron chi connectivity index (χ3n) is 2.88. The van der Waals surface area contributed by atoms with Gasteiger partial charge in [0.1, 0.15) is 6.33 Å². The molecular formula is C14H11N5O. The molecule has 20 heavy (non-hydrogen) atoms. The number of para-hydroxylation sites is 1. The van der Waals surface area contributed by atoms with Gasteiger partial charge in [-0.05, 0) is 24.3 Å². The topological polar surface area (TPSA) is 83.7 Å². The Balaban J connectivity index is 1.98. The van der Waals surface area contributed by atoms with Crippen molar-refractivity contribution in [2.24, 2.45) is 0 Å².